The monoisotopic (exact) mass is 371 g/mol. The molecule has 6 rings (SSSR count). The lowest BCUT2D eigenvalue weighted by Crippen LogP contribution is -2.54. The second kappa shape index (κ2) is 6.32. The molecule has 1 aromatic rings. The zero-order valence-electron chi connectivity index (χ0n) is 16.3. The van der Waals surface area contributed by atoms with Gasteiger partial charge in [0.15, 0.2) is 11.5 Å². The van der Waals surface area contributed by atoms with Gasteiger partial charge in [-0.1, -0.05) is 0 Å². The summed E-state index contributed by atoms with van der Waals surface area (Å²) < 4.78 is 17.1. The Morgan fingerprint density at radius 3 is 2.07 bits per heavy atom. The first-order chi connectivity index (χ1) is 13.1. The van der Waals surface area contributed by atoms with Gasteiger partial charge in [-0.25, -0.2) is 4.79 Å². The van der Waals surface area contributed by atoms with Gasteiger partial charge >= 0.3 is 6.09 Å². The van der Waals surface area contributed by atoms with E-state index in [-0.39, 0.29) is 11.7 Å². The zero-order valence-corrected chi connectivity index (χ0v) is 16.3. The predicted molar refractivity (Wildman–Crippen MR) is 101 cm³/mol. The molecule has 0 radical (unpaired) electrons. The maximum Gasteiger partial charge on any atom is 0.410 e. The maximum atomic E-state index is 13.0. The summed E-state index contributed by atoms with van der Waals surface area (Å²) >= 11 is 0. The molecule has 0 saturated heterocycles. The normalized spacial score (nSPS) is 33.6. The van der Waals surface area contributed by atoms with Gasteiger partial charge in [-0.05, 0) is 86.0 Å². The summed E-state index contributed by atoms with van der Waals surface area (Å²) in [5.74, 6) is 3.81. The van der Waals surface area contributed by atoms with Gasteiger partial charge in [0, 0.05) is 13.1 Å². The van der Waals surface area contributed by atoms with Crippen LogP contribution in [-0.4, -0.2) is 37.4 Å². The molecule has 4 fully saturated rings. The molecule has 5 nitrogen and oxygen atoms in total. The Balaban J connectivity index is 1.31. The van der Waals surface area contributed by atoms with Crippen LogP contribution in [0, 0.1) is 17.8 Å². The maximum absolute atomic E-state index is 13.0. The van der Waals surface area contributed by atoms with E-state index in [2.05, 4.69) is 0 Å². The summed E-state index contributed by atoms with van der Waals surface area (Å²) in [5, 5.41) is 0. The van der Waals surface area contributed by atoms with Crippen molar-refractivity contribution in [2.45, 2.75) is 57.1 Å². The number of nitrogens with zero attached hydrogens (tertiary/aromatic N) is 1. The van der Waals surface area contributed by atoms with Gasteiger partial charge in [-0.3, -0.25) is 0 Å². The second-order valence-electron chi connectivity index (χ2n) is 9.12. The summed E-state index contributed by atoms with van der Waals surface area (Å²) in [7, 11) is 3.30. The van der Waals surface area contributed by atoms with E-state index in [4.69, 9.17) is 14.2 Å². The molecule has 4 aliphatic carbocycles. The van der Waals surface area contributed by atoms with E-state index in [1.165, 1.54) is 24.8 Å². The van der Waals surface area contributed by atoms with Crippen molar-refractivity contribution in [3.8, 4) is 11.5 Å². The predicted octanol–water partition coefficient (Wildman–Crippen LogP) is 4.17. The lowest BCUT2D eigenvalue weighted by atomic mass is 9.54. The summed E-state index contributed by atoms with van der Waals surface area (Å²) in [6, 6.07) is 4.04. The van der Waals surface area contributed by atoms with E-state index < -0.39 is 0 Å². The Labute approximate surface area is 161 Å². The average molecular weight is 371 g/mol. The number of ether oxygens (including phenoxy) is 3. The average Bonchev–Trinajstić information content (AvgIpc) is 2.64. The Morgan fingerprint density at radius 1 is 0.963 bits per heavy atom. The SMILES string of the molecule is COc1cc2c(cc1OC)CN(C(=O)OC13CC4CC(CC(C4)C1)C3)CC2. The molecule has 4 saturated carbocycles. The summed E-state index contributed by atoms with van der Waals surface area (Å²) in [6.07, 6.45) is 8.02. The molecule has 0 unspecified atom stereocenters. The molecule has 0 spiro atoms. The van der Waals surface area contributed by atoms with Crippen LogP contribution in [0.4, 0.5) is 4.79 Å². The molecule has 5 aliphatic rings. The highest BCUT2D eigenvalue weighted by molar-refractivity contribution is 5.69. The Kier molecular flexibility index (Phi) is 4.03. The van der Waals surface area contributed by atoms with Crippen LogP contribution in [0.1, 0.15) is 49.7 Å². The summed E-state index contributed by atoms with van der Waals surface area (Å²) in [6.45, 7) is 1.29. The fourth-order valence-corrected chi connectivity index (χ4v) is 6.44. The van der Waals surface area contributed by atoms with Crippen molar-refractivity contribution in [2.24, 2.45) is 17.8 Å². The van der Waals surface area contributed by atoms with Crippen molar-refractivity contribution in [1.82, 2.24) is 4.90 Å². The molecule has 4 bridgehead atoms. The number of amides is 1. The number of hydrogen-bond donors (Lipinski definition) is 0. The Bertz CT molecular complexity index is 724. The van der Waals surface area contributed by atoms with Crippen molar-refractivity contribution in [3.05, 3.63) is 23.3 Å². The minimum absolute atomic E-state index is 0.127. The molecular formula is C22H29NO4. The number of fused-ring (bicyclic) bond motifs is 1. The van der Waals surface area contributed by atoms with Crippen molar-refractivity contribution in [1.29, 1.82) is 0 Å². The van der Waals surface area contributed by atoms with Gasteiger partial charge in [0.2, 0.25) is 0 Å². The van der Waals surface area contributed by atoms with Crippen LogP contribution in [-0.2, 0) is 17.7 Å². The summed E-state index contributed by atoms with van der Waals surface area (Å²) in [5.41, 5.74) is 2.18. The molecule has 5 heteroatoms. The molecule has 1 aromatic carbocycles. The molecule has 1 amide bonds. The highest BCUT2D eigenvalue weighted by atomic mass is 16.6. The molecule has 1 heterocycles. The number of carbonyl (C=O) groups excluding carboxylic acids is 1. The smallest absolute Gasteiger partial charge is 0.410 e. The van der Waals surface area contributed by atoms with Crippen molar-refractivity contribution in [3.63, 3.8) is 0 Å². The molecular weight excluding hydrogens is 342 g/mol. The van der Waals surface area contributed by atoms with Crippen LogP contribution in [0.15, 0.2) is 12.1 Å². The van der Waals surface area contributed by atoms with Gasteiger partial charge in [0.1, 0.15) is 5.60 Å². The number of carbonyl (C=O) groups is 1. The largest absolute Gasteiger partial charge is 0.493 e. The number of rotatable bonds is 3. The highest BCUT2D eigenvalue weighted by Gasteiger charge is 2.53. The molecule has 0 aromatic heterocycles. The Hall–Kier alpha value is -1.91. The van der Waals surface area contributed by atoms with E-state index in [0.29, 0.717) is 18.8 Å². The van der Waals surface area contributed by atoms with Crippen LogP contribution in [0.2, 0.25) is 0 Å². The first-order valence-electron chi connectivity index (χ1n) is 10.3. The molecule has 1 aliphatic heterocycles. The van der Waals surface area contributed by atoms with E-state index in [9.17, 15) is 4.79 Å². The van der Waals surface area contributed by atoms with E-state index in [1.54, 1.807) is 14.2 Å². The van der Waals surface area contributed by atoms with Crippen LogP contribution < -0.4 is 9.47 Å². The van der Waals surface area contributed by atoms with Gasteiger partial charge in [0.05, 0.1) is 14.2 Å². The number of hydrogen-bond acceptors (Lipinski definition) is 4. The quantitative estimate of drug-likeness (QED) is 0.800. The number of methoxy groups -OCH3 is 2. The van der Waals surface area contributed by atoms with Gasteiger partial charge < -0.3 is 19.1 Å². The van der Waals surface area contributed by atoms with Crippen LogP contribution >= 0.6 is 0 Å². The lowest BCUT2D eigenvalue weighted by molar-refractivity contribution is -0.134. The second-order valence-corrected chi connectivity index (χ2v) is 9.12. The first-order valence-corrected chi connectivity index (χ1v) is 10.3. The lowest BCUT2D eigenvalue weighted by Gasteiger charge is -2.55. The molecule has 27 heavy (non-hydrogen) atoms. The molecule has 0 atom stereocenters. The third-order valence-electron chi connectivity index (χ3n) is 7.26. The Morgan fingerprint density at radius 2 is 1.52 bits per heavy atom. The fraction of sp³-hybridized carbons (Fsp3) is 0.682. The third kappa shape index (κ3) is 2.95. The van der Waals surface area contributed by atoms with Crippen LogP contribution in [0.3, 0.4) is 0 Å². The highest BCUT2D eigenvalue weighted by Crippen LogP contribution is 2.57. The molecule has 0 N–H and O–H groups in total. The minimum atomic E-state index is -0.177. The first kappa shape index (κ1) is 17.2. The van der Waals surface area contributed by atoms with Crippen molar-refractivity contribution < 1.29 is 19.0 Å². The van der Waals surface area contributed by atoms with Crippen LogP contribution in [0.5, 0.6) is 11.5 Å². The van der Waals surface area contributed by atoms with Gasteiger partial charge in [-0.15, -0.1) is 0 Å². The van der Waals surface area contributed by atoms with Crippen molar-refractivity contribution in [2.75, 3.05) is 20.8 Å². The number of benzene rings is 1. The van der Waals surface area contributed by atoms with Gasteiger partial charge in [-0.2, -0.15) is 0 Å². The topological polar surface area (TPSA) is 48.0 Å². The minimum Gasteiger partial charge on any atom is -0.493 e. The van der Waals surface area contributed by atoms with E-state index in [1.807, 2.05) is 17.0 Å². The van der Waals surface area contributed by atoms with Crippen molar-refractivity contribution >= 4 is 6.09 Å². The molecule has 146 valence electrons. The summed E-state index contributed by atoms with van der Waals surface area (Å²) in [4.78, 5) is 14.9. The van der Waals surface area contributed by atoms with Gasteiger partial charge in [0.25, 0.3) is 0 Å². The van der Waals surface area contributed by atoms with Crippen LogP contribution in [0.25, 0.3) is 0 Å². The zero-order chi connectivity index (χ0) is 18.6. The standard InChI is InChI=1S/C22H29NO4/c1-25-19-8-17-3-4-23(13-18(17)9-20(19)26-2)21(24)27-22-10-14-5-15(11-22)7-16(6-14)12-22/h8-9,14-16H,3-7,10-13H2,1-2H3. The van der Waals surface area contributed by atoms with E-state index in [0.717, 1.165) is 54.7 Å². The van der Waals surface area contributed by atoms with E-state index >= 15 is 0 Å². The third-order valence-corrected chi connectivity index (χ3v) is 7.26. The fourth-order valence-electron chi connectivity index (χ4n) is 6.44.